The fourth-order valence-electron chi connectivity index (χ4n) is 2.07. The lowest BCUT2D eigenvalue weighted by molar-refractivity contribution is -0.0108. The van der Waals surface area contributed by atoms with Crippen molar-refractivity contribution in [1.29, 1.82) is 0 Å². The predicted molar refractivity (Wildman–Crippen MR) is 72.9 cm³/mol. The van der Waals surface area contributed by atoms with Crippen molar-refractivity contribution in [3.8, 4) is 0 Å². The third-order valence-electron chi connectivity index (χ3n) is 3.18. The minimum atomic E-state index is -0.261. The van der Waals surface area contributed by atoms with Gasteiger partial charge in [0.2, 0.25) is 5.95 Å². The first-order valence-electron chi connectivity index (χ1n) is 6.37. The highest BCUT2D eigenvalue weighted by molar-refractivity contribution is 5.95. The molecule has 2 rings (SSSR count). The molecule has 1 aliphatic rings. The van der Waals surface area contributed by atoms with Gasteiger partial charge in [-0.25, -0.2) is 9.97 Å². The van der Waals surface area contributed by atoms with E-state index in [4.69, 9.17) is 15.7 Å². The van der Waals surface area contributed by atoms with Crippen molar-refractivity contribution in [2.75, 3.05) is 24.7 Å². The molecular weight excluding hydrogens is 262 g/mol. The smallest absolute Gasteiger partial charge is 0.226 e. The molecule has 8 heteroatoms. The number of oxime groups is 1. The van der Waals surface area contributed by atoms with Crippen LogP contribution < -0.4 is 10.6 Å². The summed E-state index contributed by atoms with van der Waals surface area (Å²) < 4.78 is 5.48. The van der Waals surface area contributed by atoms with Gasteiger partial charge in [0, 0.05) is 12.2 Å². The highest BCUT2D eigenvalue weighted by Gasteiger charge is 2.28. The standard InChI is InChI=1S/C12H19N5O3/c1-7-3-10(11(13)16-19)15-12(14-7)17-4-9(5-18)20-6-8(17)2/h3,8-9,18-19H,4-6H2,1-2H3,(H2,13,16). The van der Waals surface area contributed by atoms with Gasteiger partial charge in [-0.2, -0.15) is 0 Å². The Morgan fingerprint density at radius 1 is 1.60 bits per heavy atom. The number of aryl methyl sites for hydroxylation is 1. The Labute approximate surface area is 116 Å². The quantitative estimate of drug-likeness (QED) is 0.295. The van der Waals surface area contributed by atoms with Crippen molar-refractivity contribution in [2.24, 2.45) is 10.9 Å². The normalized spacial score (nSPS) is 23.9. The van der Waals surface area contributed by atoms with Crippen molar-refractivity contribution in [3.63, 3.8) is 0 Å². The van der Waals surface area contributed by atoms with Gasteiger partial charge in [-0.1, -0.05) is 5.16 Å². The Hall–Kier alpha value is -1.93. The molecule has 0 aromatic carbocycles. The lowest BCUT2D eigenvalue weighted by Gasteiger charge is -2.37. The first-order valence-corrected chi connectivity index (χ1v) is 6.37. The summed E-state index contributed by atoms with van der Waals surface area (Å²) >= 11 is 0. The van der Waals surface area contributed by atoms with Crippen molar-refractivity contribution >= 4 is 11.8 Å². The molecule has 0 bridgehead atoms. The van der Waals surface area contributed by atoms with Crippen LogP contribution in [0.25, 0.3) is 0 Å². The number of anilines is 1. The highest BCUT2D eigenvalue weighted by atomic mass is 16.5. The minimum Gasteiger partial charge on any atom is -0.409 e. The maximum Gasteiger partial charge on any atom is 0.226 e. The van der Waals surface area contributed by atoms with E-state index < -0.39 is 0 Å². The van der Waals surface area contributed by atoms with Gasteiger partial charge in [-0.05, 0) is 19.9 Å². The van der Waals surface area contributed by atoms with Crippen LogP contribution in [0, 0.1) is 6.92 Å². The molecule has 1 aromatic rings. The lowest BCUT2D eigenvalue weighted by atomic mass is 10.2. The van der Waals surface area contributed by atoms with Crippen LogP contribution in [0.4, 0.5) is 5.95 Å². The van der Waals surface area contributed by atoms with E-state index in [2.05, 4.69) is 15.1 Å². The molecule has 2 heterocycles. The summed E-state index contributed by atoms with van der Waals surface area (Å²) in [7, 11) is 0. The Balaban J connectivity index is 2.33. The van der Waals surface area contributed by atoms with Crippen molar-refractivity contribution in [1.82, 2.24) is 9.97 Å². The topological polar surface area (TPSA) is 117 Å². The van der Waals surface area contributed by atoms with E-state index in [9.17, 15) is 5.11 Å². The zero-order valence-electron chi connectivity index (χ0n) is 11.5. The van der Waals surface area contributed by atoms with Crippen molar-refractivity contribution in [2.45, 2.75) is 26.0 Å². The van der Waals surface area contributed by atoms with Crippen molar-refractivity contribution < 1.29 is 15.1 Å². The molecule has 1 aromatic heterocycles. The van der Waals surface area contributed by atoms with Crippen LogP contribution in [-0.4, -0.2) is 58.0 Å². The van der Waals surface area contributed by atoms with Crippen LogP contribution in [0.5, 0.6) is 0 Å². The average molecular weight is 281 g/mol. The maximum atomic E-state index is 9.21. The molecule has 1 fully saturated rings. The van der Waals surface area contributed by atoms with Gasteiger partial charge in [-0.15, -0.1) is 0 Å². The van der Waals surface area contributed by atoms with Crippen LogP contribution in [0.2, 0.25) is 0 Å². The molecule has 0 amide bonds. The van der Waals surface area contributed by atoms with Gasteiger partial charge in [0.25, 0.3) is 0 Å². The molecule has 110 valence electrons. The number of hydrogen-bond acceptors (Lipinski definition) is 7. The van der Waals surface area contributed by atoms with Gasteiger partial charge in [0.1, 0.15) is 5.69 Å². The van der Waals surface area contributed by atoms with E-state index >= 15 is 0 Å². The molecule has 2 unspecified atom stereocenters. The first kappa shape index (κ1) is 14.5. The van der Waals surface area contributed by atoms with Crippen LogP contribution in [0.3, 0.4) is 0 Å². The van der Waals surface area contributed by atoms with Gasteiger partial charge < -0.3 is 25.7 Å². The van der Waals surface area contributed by atoms with Gasteiger partial charge in [0.15, 0.2) is 5.84 Å². The molecule has 2 atom stereocenters. The Morgan fingerprint density at radius 2 is 2.35 bits per heavy atom. The highest BCUT2D eigenvalue weighted by Crippen LogP contribution is 2.19. The molecule has 20 heavy (non-hydrogen) atoms. The number of amidine groups is 1. The number of morpholine rings is 1. The fourth-order valence-corrected chi connectivity index (χ4v) is 2.07. The molecular formula is C12H19N5O3. The lowest BCUT2D eigenvalue weighted by Crippen LogP contribution is -2.50. The molecule has 0 radical (unpaired) electrons. The molecule has 4 N–H and O–H groups in total. The number of rotatable bonds is 3. The number of aliphatic hydroxyl groups excluding tert-OH is 1. The molecule has 0 spiro atoms. The Bertz CT molecular complexity index is 508. The zero-order chi connectivity index (χ0) is 14.7. The van der Waals surface area contributed by atoms with E-state index in [-0.39, 0.29) is 24.6 Å². The summed E-state index contributed by atoms with van der Waals surface area (Å²) in [5.74, 6) is 0.428. The largest absolute Gasteiger partial charge is 0.409 e. The zero-order valence-corrected chi connectivity index (χ0v) is 11.5. The van der Waals surface area contributed by atoms with Crippen molar-refractivity contribution in [3.05, 3.63) is 17.5 Å². The second-order valence-electron chi connectivity index (χ2n) is 4.82. The third-order valence-corrected chi connectivity index (χ3v) is 3.18. The minimum absolute atomic E-state index is 0.0534. The van der Waals surface area contributed by atoms with E-state index in [0.717, 1.165) is 5.69 Å². The summed E-state index contributed by atoms with van der Waals surface area (Å²) in [5.41, 5.74) is 6.66. The monoisotopic (exact) mass is 281 g/mol. The summed E-state index contributed by atoms with van der Waals surface area (Å²) in [6.45, 7) is 4.73. The average Bonchev–Trinajstić information content (AvgIpc) is 2.46. The SMILES string of the molecule is Cc1cc(/C(N)=N/O)nc(N2CC(CO)OCC2C)n1. The van der Waals surface area contributed by atoms with Gasteiger partial charge >= 0.3 is 0 Å². The Morgan fingerprint density at radius 3 is 3.00 bits per heavy atom. The first-order chi connectivity index (χ1) is 9.55. The number of nitrogens with two attached hydrogens (primary N) is 1. The molecule has 1 aliphatic heterocycles. The van der Waals surface area contributed by atoms with E-state index in [1.54, 1.807) is 6.07 Å². The molecule has 1 saturated heterocycles. The van der Waals surface area contributed by atoms with Crippen LogP contribution >= 0.6 is 0 Å². The van der Waals surface area contributed by atoms with Gasteiger partial charge in [0.05, 0.1) is 25.4 Å². The molecule has 8 nitrogen and oxygen atoms in total. The predicted octanol–water partition coefficient (Wildman–Crippen LogP) is -0.534. The van der Waals surface area contributed by atoms with Crippen LogP contribution in [-0.2, 0) is 4.74 Å². The number of aliphatic hydroxyl groups is 1. The van der Waals surface area contributed by atoms with Crippen LogP contribution in [0.1, 0.15) is 18.3 Å². The molecule has 0 aliphatic carbocycles. The number of ether oxygens (including phenoxy) is 1. The Kier molecular flexibility index (Phi) is 4.35. The summed E-state index contributed by atoms with van der Waals surface area (Å²) in [6, 6.07) is 1.73. The summed E-state index contributed by atoms with van der Waals surface area (Å²) in [5, 5.41) is 20.9. The summed E-state index contributed by atoms with van der Waals surface area (Å²) in [4.78, 5) is 10.6. The second-order valence-corrected chi connectivity index (χ2v) is 4.82. The van der Waals surface area contributed by atoms with Gasteiger partial charge in [-0.3, -0.25) is 0 Å². The second kappa shape index (κ2) is 6.02. The van der Waals surface area contributed by atoms with Crippen LogP contribution in [0.15, 0.2) is 11.2 Å². The molecule has 0 saturated carbocycles. The van der Waals surface area contributed by atoms with E-state index in [0.29, 0.717) is 24.8 Å². The number of hydrogen-bond donors (Lipinski definition) is 3. The third kappa shape index (κ3) is 2.97. The maximum absolute atomic E-state index is 9.21. The van der Waals surface area contributed by atoms with E-state index in [1.165, 1.54) is 0 Å². The summed E-state index contributed by atoms with van der Waals surface area (Å²) in [6.07, 6.45) is -0.261. The number of aromatic nitrogens is 2. The number of nitrogens with zero attached hydrogens (tertiary/aromatic N) is 4. The fraction of sp³-hybridized carbons (Fsp3) is 0.583. The van der Waals surface area contributed by atoms with E-state index in [1.807, 2.05) is 18.7 Å².